The predicted octanol–water partition coefficient (Wildman–Crippen LogP) is 1.42. The van der Waals surface area contributed by atoms with Gasteiger partial charge in [0.1, 0.15) is 5.78 Å². The summed E-state index contributed by atoms with van der Waals surface area (Å²) in [4.78, 5) is 10.8. The van der Waals surface area contributed by atoms with Crippen molar-refractivity contribution in [2.24, 2.45) is 5.92 Å². The van der Waals surface area contributed by atoms with E-state index in [0.717, 1.165) is 6.42 Å². The lowest BCUT2D eigenvalue weighted by Gasteiger charge is -2.13. The van der Waals surface area contributed by atoms with E-state index in [2.05, 4.69) is 31.4 Å². The van der Waals surface area contributed by atoms with Gasteiger partial charge in [0.2, 0.25) is 0 Å². The van der Waals surface area contributed by atoms with Gasteiger partial charge in [-0.05, 0) is 19.3 Å². The normalized spacial score (nSPS) is 13.7. The molecule has 0 saturated heterocycles. The molecule has 0 aliphatic heterocycles. The molecule has 2 nitrogen and oxygen atoms in total. The first kappa shape index (κ1) is 9.98. The number of hydrogen-bond donors (Lipinski definition) is 2. The molecule has 60 valence electrons. The second-order valence-electron chi connectivity index (χ2n) is 2.92. The van der Waals surface area contributed by atoms with Crippen LogP contribution in [-0.4, -0.2) is 11.8 Å². The van der Waals surface area contributed by atoms with Crippen molar-refractivity contribution in [3.05, 3.63) is 0 Å². The molecule has 3 heteroatoms. The minimum atomic E-state index is -0.0802. The Morgan fingerprint density at radius 3 is 2.20 bits per heavy atom. The summed E-state index contributed by atoms with van der Waals surface area (Å²) in [5.74, 6) is 0.692. The summed E-state index contributed by atoms with van der Waals surface area (Å²) < 4.78 is 2.68. The average molecular weight is 161 g/mol. The molecule has 0 fully saturated rings. The number of thiol groups is 1. The van der Waals surface area contributed by atoms with E-state index in [1.165, 1.54) is 0 Å². The first-order valence-electron chi connectivity index (χ1n) is 3.48. The van der Waals surface area contributed by atoms with E-state index in [9.17, 15) is 4.79 Å². The van der Waals surface area contributed by atoms with Gasteiger partial charge in [-0.2, -0.15) is 0 Å². The van der Waals surface area contributed by atoms with Gasteiger partial charge in [0.05, 0.1) is 6.04 Å². The Bertz CT molecular complexity index is 114. The Labute approximate surface area is 67.9 Å². The lowest BCUT2D eigenvalue weighted by atomic mass is 10.0. The summed E-state index contributed by atoms with van der Waals surface area (Å²) in [7, 11) is 0. The fourth-order valence-corrected chi connectivity index (χ4v) is 1.07. The van der Waals surface area contributed by atoms with Gasteiger partial charge < -0.3 is 0 Å². The Morgan fingerprint density at radius 2 is 2.10 bits per heavy atom. The number of ketones is 1. The van der Waals surface area contributed by atoms with Gasteiger partial charge in [-0.3, -0.25) is 9.52 Å². The summed E-state index contributed by atoms with van der Waals surface area (Å²) in [5, 5.41) is 0. The molecule has 0 aromatic carbocycles. The molecular weight excluding hydrogens is 146 g/mol. The molecule has 0 spiro atoms. The molecule has 0 bridgehead atoms. The van der Waals surface area contributed by atoms with Crippen LogP contribution in [-0.2, 0) is 4.79 Å². The van der Waals surface area contributed by atoms with E-state index in [0.29, 0.717) is 5.92 Å². The van der Waals surface area contributed by atoms with E-state index in [4.69, 9.17) is 0 Å². The zero-order chi connectivity index (χ0) is 8.15. The van der Waals surface area contributed by atoms with E-state index < -0.39 is 0 Å². The van der Waals surface area contributed by atoms with Gasteiger partial charge in [-0.25, -0.2) is 0 Å². The maximum Gasteiger partial charge on any atom is 0.147 e. The predicted molar refractivity (Wildman–Crippen MR) is 46.0 cm³/mol. The third-order valence-electron chi connectivity index (χ3n) is 1.35. The Kier molecular flexibility index (Phi) is 4.73. The minimum absolute atomic E-state index is 0.0802. The van der Waals surface area contributed by atoms with Crippen LogP contribution in [0, 0.1) is 5.92 Å². The summed E-state index contributed by atoms with van der Waals surface area (Å²) in [6.07, 6.45) is 0.860. The highest BCUT2D eigenvalue weighted by Gasteiger charge is 2.12. The molecule has 0 aromatic heterocycles. The van der Waals surface area contributed by atoms with Crippen molar-refractivity contribution in [2.45, 2.75) is 33.2 Å². The lowest BCUT2D eigenvalue weighted by Crippen LogP contribution is -2.30. The van der Waals surface area contributed by atoms with Crippen LogP contribution in [0.5, 0.6) is 0 Å². The second kappa shape index (κ2) is 4.74. The number of Topliss-reactive ketones (excluding diaryl/α,β-unsaturated/α-hetero) is 1. The molecule has 0 amide bonds. The van der Waals surface area contributed by atoms with E-state index in [1.54, 1.807) is 6.92 Å². The van der Waals surface area contributed by atoms with Gasteiger partial charge >= 0.3 is 0 Å². The topological polar surface area (TPSA) is 29.1 Å². The zero-order valence-corrected chi connectivity index (χ0v) is 7.61. The molecule has 1 atom stereocenters. The van der Waals surface area contributed by atoms with Crippen molar-refractivity contribution in [3.63, 3.8) is 0 Å². The number of rotatable bonds is 4. The highest BCUT2D eigenvalue weighted by atomic mass is 32.1. The molecule has 1 N–H and O–H groups in total. The maximum atomic E-state index is 10.8. The zero-order valence-electron chi connectivity index (χ0n) is 6.72. The summed E-state index contributed by atoms with van der Waals surface area (Å²) in [5.41, 5.74) is 0. The molecule has 0 aliphatic carbocycles. The molecular formula is C7H15NOS. The molecule has 0 rings (SSSR count). The second-order valence-corrected chi connectivity index (χ2v) is 3.18. The highest BCUT2D eigenvalue weighted by Crippen LogP contribution is 2.05. The van der Waals surface area contributed by atoms with E-state index in [1.807, 2.05) is 0 Å². The maximum absolute atomic E-state index is 10.8. The number of nitrogens with one attached hydrogen (secondary N) is 1. The van der Waals surface area contributed by atoms with Gasteiger partial charge in [-0.1, -0.05) is 26.7 Å². The average Bonchev–Trinajstić information content (AvgIpc) is 1.81. The number of carbonyl (C=O) groups is 1. The van der Waals surface area contributed by atoms with Crippen LogP contribution in [0.1, 0.15) is 27.2 Å². The van der Waals surface area contributed by atoms with Gasteiger partial charge in [0.25, 0.3) is 0 Å². The monoisotopic (exact) mass is 161 g/mol. The number of hydrogen-bond acceptors (Lipinski definition) is 3. The summed E-state index contributed by atoms with van der Waals surface area (Å²) in [6.45, 7) is 5.75. The van der Waals surface area contributed by atoms with Crippen LogP contribution in [0.3, 0.4) is 0 Å². The van der Waals surface area contributed by atoms with Crippen molar-refractivity contribution in [3.8, 4) is 0 Å². The Hall–Kier alpha value is -0.0200. The first-order chi connectivity index (χ1) is 4.57. The van der Waals surface area contributed by atoms with Crippen molar-refractivity contribution < 1.29 is 4.79 Å². The molecule has 0 aliphatic rings. The van der Waals surface area contributed by atoms with Crippen LogP contribution >= 0.6 is 12.8 Å². The van der Waals surface area contributed by atoms with Crippen molar-refractivity contribution in [2.75, 3.05) is 0 Å². The molecule has 0 heterocycles. The standard InChI is InChI=1S/C7H15NOS/c1-5(2)4-7(8-10)6(3)9/h5,7-8,10H,4H2,1-3H3. The third-order valence-corrected chi connectivity index (χ3v) is 1.67. The smallest absolute Gasteiger partial charge is 0.147 e. The van der Waals surface area contributed by atoms with Crippen LogP contribution in [0.25, 0.3) is 0 Å². The van der Waals surface area contributed by atoms with Crippen molar-refractivity contribution in [1.82, 2.24) is 4.72 Å². The largest absolute Gasteiger partial charge is 0.298 e. The quantitative estimate of drug-likeness (QED) is 0.611. The third kappa shape index (κ3) is 3.90. The molecule has 0 radical (unpaired) electrons. The van der Waals surface area contributed by atoms with Crippen LogP contribution in [0.4, 0.5) is 0 Å². The minimum Gasteiger partial charge on any atom is -0.298 e. The van der Waals surface area contributed by atoms with Crippen molar-refractivity contribution in [1.29, 1.82) is 0 Å². The fraction of sp³-hybridized carbons (Fsp3) is 0.857. The highest BCUT2D eigenvalue weighted by molar-refractivity contribution is 7.78. The molecule has 10 heavy (non-hydrogen) atoms. The van der Waals surface area contributed by atoms with Gasteiger partial charge in [0.15, 0.2) is 0 Å². The molecule has 0 aromatic rings. The van der Waals surface area contributed by atoms with E-state index in [-0.39, 0.29) is 11.8 Å². The summed E-state index contributed by atoms with van der Waals surface area (Å²) in [6, 6.07) is -0.0802. The summed E-state index contributed by atoms with van der Waals surface area (Å²) >= 11 is 3.86. The first-order valence-corrected chi connectivity index (χ1v) is 3.92. The Morgan fingerprint density at radius 1 is 1.60 bits per heavy atom. The SMILES string of the molecule is CC(=O)C(CC(C)C)NS. The van der Waals surface area contributed by atoms with Crippen LogP contribution in [0.15, 0.2) is 0 Å². The van der Waals surface area contributed by atoms with Crippen LogP contribution < -0.4 is 4.72 Å². The Balaban J connectivity index is 3.72. The fourth-order valence-electron chi connectivity index (χ4n) is 0.781. The van der Waals surface area contributed by atoms with E-state index >= 15 is 0 Å². The molecule has 0 saturated carbocycles. The molecule has 1 unspecified atom stereocenters. The van der Waals surface area contributed by atoms with Crippen molar-refractivity contribution >= 4 is 18.6 Å². The van der Waals surface area contributed by atoms with Gasteiger partial charge in [0, 0.05) is 0 Å². The van der Waals surface area contributed by atoms with Gasteiger partial charge in [-0.15, -0.1) is 0 Å². The number of carbonyl (C=O) groups excluding carboxylic acids is 1. The lowest BCUT2D eigenvalue weighted by molar-refractivity contribution is -0.118. The van der Waals surface area contributed by atoms with Crippen LogP contribution in [0.2, 0.25) is 0 Å².